The molecule has 1 atom stereocenters. The molecule has 0 bridgehead atoms. The SMILES string of the molecule is CC(C(=O)NCCCc1ncc[nH]1)C(N)=S. The first kappa shape index (κ1) is 12.6. The van der Waals surface area contributed by atoms with Gasteiger partial charge in [-0.3, -0.25) is 4.79 Å². The van der Waals surface area contributed by atoms with Gasteiger partial charge in [0.1, 0.15) is 5.82 Å². The summed E-state index contributed by atoms with van der Waals surface area (Å²) in [5.41, 5.74) is 5.37. The predicted molar refractivity (Wildman–Crippen MR) is 65.9 cm³/mol. The minimum absolute atomic E-state index is 0.119. The van der Waals surface area contributed by atoms with E-state index in [0.717, 1.165) is 18.7 Å². The molecule has 4 N–H and O–H groups in total. The third kappa shape index (κ3) is 3.98. The van der Waals surface area contributed by atoms with E-state index in [1.54, 1.807) is 19.3 Å². The van der Waals surface area contributed by atoms with Gasteiger partial charge in [-0.05, 0) is 13.3 Å². The zero-order valence-electron chi connectivity index (χ0n) is 9.19. The molecular formula is C10H16N4OS. The molecule has 16 heavy (non-hydrogen) atoms. The standard InChI is InChI=1S/C10H16N4OS/c1-7(9(11)16)10(15)14-4-2-3-8-12-5-6-13-8/h5-7H,2-4H2,1H3,(H2,11,16)(H,12,13)(H,14,15). The Labute approximate surface area is 99.8 Å². The Balaban J connectivity index is 2.16. The van der Waals surface area contributed by atoms with Crippen LogP contribution in [0, 0.1) is 5.92 Å². The zero-order chi connectivity index (χ0) is 12.0. The lowest BCUT2D eigenvalue weighted by atomic mass is 10.1. The summed E-state index contributed by atoms with van der Waals surface area (Å²) in [4.78, 5) is 18.8. The van der Waals surface area contributed by atoms with Crippen molar-refractivity contribution in [1.29, 1.82) is 0 Å². The molecule has 0 aliphatic heterocycles. The fourth-order valence-electron chi connectivity index (χ4n) is 1.18. The maximum atomic E-state index is 11.4. The molecule has 1 aromatic rings. The summed E-state index contributed by atoms with van der Waals surface area (Å²) in [6.07, 6.45) is 5.14. The van der Waals surface area contributed by atoms with Crippen LogP contribution in [0.2, 0.25) is 0 Å². The van der Waals surface area contributed by atoms with E-state index < -0.39 is 5.92 Å². The van der Waals surface area contributed by atoms with E-state index in [2.05, 4.69) is 15.3 Å². The van der Waals surface area contributed by atoms with Crippen LogP contribution in [0.15, 0.2) is 12.4 Å². The number of amides is 1. The Morgan fingerprint density at radius 3 is 3.06 bits per heavy atom. The lowest BCUT2D eigenvalue weighted by molar-refractivity contribution is -0.122. The number of rotatable bonds is 6. The Morgan fingerprint density at radius 2 is 2.50 bits per heavy atom. The summed E-state index contributed by atoms with van der Waals surface area (Å²) >= 11 is 4.74. The number of thiocarbonyl (C=S) groups is 1. The highest BCUT2D eigenvalue weighted by atomic mass is 32.1. The van der Waals surface area contributed by atoms with E-state index >= 15 is 0 Å². The van der Waals surface area contributed by atoms with Gasteiger partial charge in [0.15, 0.2) is 0 Å². The van der Waals surface area contributed by atoms with Gasteiger partial charge in [-0.1, -0.05) is 12.2 Å². The van der Waals surface area contributed by atoms with Crippen molar-refractivity contribution in [2.45, 2.75) is 19.8 Å². The number of hydrogen-bond acceptors (Lipinski definition) is 3. The van der Waals surface area contributed by atoms with Crippen LogP contribution in [0.5, 0.6) is 0 Å². The first-order valence-corrected chi connectivity index (χ1v) is 5.57. The molecule has 1 amide bonds. The van der Waals surface area contributed by atoms with E-state index in [-0.39, 0.29) is 10.9 Å². The Kier molecular flexibility index (Phi) is 4.91. The number of carbonyl (C=O) groups is 1. The van der Waals surface area contributed by atoms with E-state index in [0.29, 0.717) is 6.54 Å². The third-order valence-corrected chi connectivity index (χ3v) is 2.62. The van der Waals surface area contributed by atoms with Crippen molar-refractivity contribution < 1.29 is 4.79 Å². The maximum absolute atomic E-state index is 11.4. The van der Waals surface area contributed by atoms with Crippen LogP contribution in [-0.4, -0.2) is 27.4 Å². The molecule has 1 rings (SSSR count). The molecule has 0 radical (unpaired) electrons. The Hall–Kier alpha value is -1.43. The van der Waals surface area contributed by atoms with Gasteiger partial charge in [-0.25, -0.2) is 4.98 Å². The smallest absolute Gasteiger partial charge is 0.229 e. The van der Waals surface area contributed by atoms with Crippen molar-refractivity contribution in [1.82, 2.24) is 15.3 Å². The number of aromatic amines is 1. The molecule has 0 saturated carbocycles. The van der Waals surface area contributed by atoms with Crippen LogP contribution in [0.4, 0.5) is 0 Å². The quantitative estimate of drug-likeness (QED) is 0.496. The van der Waals surface area contributed by atoms with Crippen molar-refractivity contribution >= 4 is 23.1 Å². The van der Waals surface area contributed by atoms with E-state index in [1.165, 1.54) is 0 Å². The first-order chi connectivity index (χ1) is 7.61. The van der Waals surface area contributed by atoms with Gasteiger partial charge in [-0.2, -0.15) is 0 Å². The number of aromatic nitrogens is 2. The largest absolute Gasteiger partial charge is 0.393 e. The number of nitrogens with one attached hydrogen (secondary N) is 2. The second kappa shape index (κ2) is 6.22. The van der Waals surface area contributed by atoms with Crippen molar-refractivity contribution in [3.05, 3.63) is 18.2 Å². The average molecular weight is 240 g/mol. The average Bonchev–Trinajstić information content (AvgIpc) is 2.75. The molecule has 0 spiro atoms. The fraction of sp³-hybridized carbons (Fsp3) is 0.500. The highest BCUT2D eigenvalue weighted by Crippen LogP contribution is 1.96. The topological polar surface area (TPSA) is 83.8 Å². The van der Waals surface area contributed by atoms with Gasteiger partial charge < -0.3 is 16.0 Å². The van der Waals surface area contributed by atoms with Crippen molar-refractivity contribution in [2.75, 3.05) is 6.54 Å². The first-order valence-electron chi connectivity index (χ1n) is 5.16. The summed E-state index contributed by atoms with van der Waals surface area (Å²) in [6.45, 7) is 2.30. The van der Waals surface area contributed by atoms with Crippen LogP contribution in [-0.2, 0) is 11.2 Å². The number of H-pyrrole nitrogens is 1. The summed E-state index contributed by atoms with van der Waals surface area (Å²) in [5.74, 6) is 0.405. The van der Waals surface area contributed by atoms with Crippen LogP contribution in [0.1, 0.15) is 19.2 Å². The molecule has 1 heterocycles. The monoisotopic (exact) mass is 240 g/mol. The van der Waals surface area contributed by atoms with Crippen molar-refractivity contribution in [3.63, 3.8) is 0 Å². The molecule has 1 unspecified atom stereocenters. The summed E-state index contributed by atoms with van der Waals surface area (Å²) in [5, 5.41) is 2.78. The highest BCUT2D eigenvalue weighted by molar-refractivity contribution is 7.80. The maximum Gasteiger partial charge on any atom is 0.229 e. The van der Waals surface area contributed by atoms with Gasteiger partial charge >= 0.3 is 0 Å². The van der Waals surface area contributed by atoms with Crippen molar-refractivity contribution in [2.24, 2.45) is 11.7 Å². The summed E-state index contributed by atoms with van der Waals surface area (Å²) in [6, 6.07) is 0. The second-order valence-electron chi connectivity index (χ2n) is 3.55. The molecule has 6 heteroatoms. The minimum atomic E-state index is -0.404. The van der Waals surface area contributed by atoms with Gasteiger partial charge in [0.2, 0.25) is 5.91 Å². The Morgan fingerprint density at radius 1 is 1.75 bits per heavy atom. The molecule has 5 nitrogen and oxygen atoms in total. The van der Waals surface area contributed by atoms with Gasteiger partial charge in [0.25, 0.3) is 0 Å². The number of hydrogen-bond donors (Lipinski definition) is 3. The normalized spacial score (nSPS) is 12.1. The fourth-order valence-corrected chi connectivity index (χ4v) is 1.29. The van der Waals surface area contributed by atoms with Gasteiger partial charge in [0, 0.05) is 25.4 Å². The van der Waals surface area contributed by atoms with Crippen LogP contribution in [0.25, 0.3) is 0 Å². The van der Waals surface area contributed by atoms with Gasteiger partial charge in [0.05, 0.1) is 10.9 Å². The molecule has 88 valence electrons. The number of nitrogens with zero attached hydrogens (tertiary/aromatic N) is 1. The van der Waals surface area contributed by atoms with Crippen LogP contribution in [0.3, 0.4) is 0 Å². The van der Waals surface area contributed by atoms with Crippen LogP contribution < -0.4 is 11.1 Å². The highest BCUT2D eigenvalue weighted by Gasteiger charge is 2.14. The second-order valence-corrected chi connectivity index (χ2v) is 4.03. The van der Waals surface area contributed by atoms with E-state index in [4.69, 9.17) is 18.0 Å². The molecule has 1 aromatic heterocycles. The van der Waals surface area contributed by atoms with Gasteiger partial charge in [-0.15, -0.1) is 0 Å². The summed E-state index contributed by atoms with van der Waals surface area (Å²) < 4.78 is 0. The number of aryl methyl sites for hydroxylation is 1. The van der Waals surface area contributed by atoms with Crippen molar-refractivity contribution in [3.8, 4) is 0 Å². The molecule has 0 aliphatic rings. The number of carbonyl (C=O) groups excluding carboxylic acids is 1. The lowest BCUT2D eigenvalue weighted by Gasteiger charge is -2.09. The predicted octanol–water partition coefficient (Wildman–Crippen LogP) is 0.381. The zero-order valence-corrected chi connectivity index (χ0v) is 10.0. The third-order valence-electron chi connectivity index (χ3n) is 2.26. The molecule has 0 saturated heterocycles. The molecule has 0 fully saturated rings. The molecule has 0 aliphatic carbocycles. The Bertz CT molecular complexity index is 350. The lowest BCUT2D eigenvalue weighted by Crippen LogP contribution is -2.36. The van der Waals surface area contributed by atoms with E-state index in [1.807, 2.05) is 0 Å². The van der Waals surface area contributed by atoms with Crippen LogP contribution >= 0.6 is 12.2 Å². The minimum Gasteiger partial charge on any atom is -0.393 e. The van der Waals surface area contributed by atoms with E-state index in [9.17, 15) is 4.79 Å². The molecular weight excluding hydrogens is 224 g/mol. The number of nitrogens with two attached hydrogens (primary N) is 1. The molecule has 0 aromatic carbocycles. The summed E-state index contributed by atoms with van der Waals surface area (Å²) in [7, 11) is 0. The number of imidazole rings is 1.